The third kappa shape index (κ3) is 6.38. The van der Waals surface area contributed by atoms with Gasteiger partial charge in [0.1, 0.15) is 5.82 Å². The minimum atomic E-state index is -1.11. The Bertz CT molecular complexity index is 650. The van der Waals surface area contributed by atoms with E-state index in [4.69, 9.17) is 4.74 Å². The van der Waals surface area contributed by atoms with E-state index in [-0.39, 0.29) is 17.8 Å². The third-order valence-electron chi connectivity index (χ3n) is 6.10. The van der Waals surface area contributed by atoms with Gasteiger partial charge >= 0.3 is 6.09 Å². The van der Waals surface area contributed by atoms with Gasteiger partial charge in [0.25, 0.3) is 0 Å². The molecule has 0 radical (unpaired) electrons. The maximum absolute atomic E-state index is 12.4. The van der Waals surface area contributed by atoms with E-state index >= 15 is 0 Å². The lowest BCUT2D eigenvalue weighted by molar-refractivity contribution is -0.0195. The van der Waals surface area contributed by atoms with Crippen molar-refractivity contribution >= 4 is 6.09 Å². The average Bonchev–Trinajstić information content (AvgIpc) is 2.66. The molecule has 1 aromatic carbocycles. The number of ether oxygens (including phenoxy) is 1. The molecule has 6 heteroatoms. The zero-order valence-corrected chi connectivity index (χ0v) is 18.1. The quantitative estimate of drug-likeness (QED) is 0.519. The van der Waals surface area contributed by atoms with Gasteiger partial charge in [-0.1, -0.05) is 26.2 Å². The molecule has 0 N–H and O–H groups in total. The number of unbranched alkanes of at least 4 members (excludes halogenated alkanes) is 1. The Morgan fingerprint density at radius 3 is 2.28 bits per heavy atom. The monoisotopic (exact) mass is 413 g/mol. The number of rotatable bonds is 4. The molecular formula is C23H34F3NO2. The predicted octanol–water partition coefficient (Wildman–Crippen LogP) is 6.63. The highest BCUT2D eigenvalue weighted by Crippen LogP contribution is 2.54. The Balaban J connectivity index is 0.000000253. The van der Waals surface area contributed by atoms with Crippen molar-refractivity contribution in [3.63, 3.8) is 0 Å². The van der Waals surface area contributed by atoms with Crippen molar-refractivity contribution in [1.29, 1.82) is 0 Å². The highest BCUT2D eigenvalue weighted by Gasteiger charge is 2.45. The Morgan fingerprint density at radius 2 is 1.76 bits per heavy atom. The molecule has 0 aromatic heterocycles. The van der Waals surface area contributed by atoms with Gasteiger partial charge < -0.3 is 9.64 Å². The fraction of sp³-hybridized carbons (Fsp3) is 0.696. The molecule has 0 unspecified atom stereocenters. The maximum Gasteiger partial charge on any atom is 0.410 e. The molecule has 1 amide bonds. The zero-order valence-electron chi connectivity index (χ0n) is 18.1. The number of piperidine rings is 1. The topological polar surface area (TPSA) is 29.5 Å². The predicted molar refractivity (Wildman–Crippen MR) is 108 cm³/mol. The molecule has 1 saturated heterocycles. The van der Waals surface area contributed by atoms with Crippen LogP contribution in [0, 0.1) is 35.7 Å². The number of carbonyl (C=O) groups is 1. The highest BCUT2D eigenvalue weighted by molar-refractivity contribution is 5.67. The molecule has 3 nitrogen and oxygen atoms in total. The Kier molecular flexibility index (Phi) is 8.41. The third-order valence-corrected chi connectivity index (χ3v) is 6.10. The summed E-state index contributed by atoms with van der Waals surface area (Å²) in [5.74, 6) is -1.88. The molecule has 1 aliphatic carbocycles. The largest absolute Gasteiger partial charge is 0.447 e. The lowest BCUT2D eigenvalue weighted by Crippen LogP contribution is -2.49. The van der Waals surface area contributed by atoms with Gasteiger partial charge in [0, 0.05) is 18.7 Å². The van der Waals surface area contributed by atoms with Crippen molar-refractivity contribution < 1.29 is 22.7 Å². The molecule has 2 aliphatic rings. The van der Waals surface area contributed by atoms with Crippen LogP contribution in [0.4, 0.5) is 18.0 Å². The summed E-state index contributed by atoms with van der Waals surface area (Å²) in [6, 6.07) is 1.66. The maximum atomic E-state index is 12.4. The van der Waals surface area contributed by atoms with Gasteiger partial charge in [-0.2, -0.15) is 0 Å². The minimum absolute atomic E-state index is 0.00878. The number of carbonyl (C=O) groups excluding carboxylic acids is 1. The van der Waals surface area contributed by atoms with Crippen molar-refractivity contribution in [1.82, 2.24) is 4.90 Å². The Morgan fingerprint density at radius 1 is 1.17 bits per heavy atom. The molecule has 29 heavy (non-hydrogen) atoms. The fourth-order valence-electron chi connectivity index (χ4n) is 4.34. The van der Waals surface area contributed by atoms with Gasteiger partial charge in [-0.15, -0.1) is 0 Å². The van der Waals surface area contributed by atoms with E-state index in [0.717, 1.165) is 31.1 Å². The van der Waals surface area contributed by atoms with Gasteiger partial charge in [-0.25, -0.2) is 18.0 Å². The van der Waals surface area contributed by atoms with E-state index < -0.39 is 17.5 Å². The molecule has 3 rings (SSSR count). The average molecular weight is 414 g/mol. The van der Waals surface area contributed by atoms with Gasteiger partial charge in [-0.3, -0.25) is 0 Å². The van der Waals surface area contributed by atoms with E-state index in [0.29, 0.717) is 5.41 Å². The second-order valence-corrected chi connectivity index (χ2v) is 8.80. The number of likely N-dealkylation sites (tertiary alicyclic amines) is 1. The first-order valence-corrected chi connectivity index (χ1v) is 10.7. The SMILES string of the molecule is CCCCC1CC2(CCN(C(=O)OC(C)C)CC2)C1.Cc1c(F)ccc(F)c1F. The first-order valence-electron chi connectivity index (χ1n) is 10.7. The molecule has 1 aromatic rings. The fourth-order valence-corrected chi connectivity index (χ4v) is 4.34. The van der Waals surface area contributed by atoms with Crippen LogP contribution in [0.1, 0.15) is 71.3 Å². The molecule has 1 aliphatic heterocycles. The Hall–Kier alpha value is -1.72. The summed E-state index contributed by atoms with van der Waals surface area (Å²) < 4.78 is 42.2. The molecule has 2 fully saturated rings. The first kappa shape index (κ1) is 23.6. The molecule has 1 heterocycles. The van der Waals surface area contributed by atoms with Crippen LogP contribution in [0.15, 0.2) is 12.1 Å². The second kappa shape index (κ2) is 10.4. The van der Waals surface area contributed by atoms with Crippen molar-refractivity contribution in [2.75, 3.05) is 13.1 Å². The number of benzene rings is 1. The molecular weight excluding hydrogens is 379 g/mol. The summed E-state index contributed by atoms with van der Waals surface area (Å²) in [7, 11) is 0. The molecule has 1 spiro atoms. The van der Waals surface area contributed by atoms with Crippen LogP contribution in [-0.4, -0.2) is 30.2 Å². The van der Waals surface area contributed by atoms with Crippen molar-refractivity contribution in [3.05, 3.63) is 35.1 Å². The minimum Gasteiger partial charge on any atom is -0.447 e. The van der Waals surface area contributed by atoms with Crippen LogP contribution in [0.3, 0.4) is 0 Å². The lowest BCUT2D eigenvalue weighted by Gasteiger charge is -2.52. The smallest absolute Gasteiger partial charge is 0.410 e. The van der Waals surface area contributed by atoms with Crippen molar-refractivity contribution in [2.24, 2.45) is 11.3 Å². The molecule has 164 valence electrons. The van der Waals surface area contributed by atoms with Crippen LogP contribution in [0.5, 0.6) is 0 Å². The van der Waals surface area contributed by atoms with Gasteiger partial charge in [0.2, 0.25) is 0 Å². The van der Waals surface area contributed by atoms with Crippen LogP contribution in [0.25, 0.3) is 0 Å². The Labute approximate surface area is 172 Å². The second-order valence-electron chi connectivity index (χ2n) is 8.80. The van der Waals surface area contributed by atoms with E-state index in [1.807, 2.05) is 18.7 Å². The number of hydrogen-bond acceptors (Lipinski definition) is 2. The van der Waals surface area contributed by atoms with E-state index in [9.17, 15) is 18.0 Å². The number of halogens is 3. The summed E-state index contributed by atoms with van der Waals surface area (Å²) in [5.41, 5.74) is 0.299. The summed E-state index contributed by atoms with van der Waals surface area (Å²) in [6.45, 7) is 9.07. The van der Waals surface area contributed by atoms with E-state index in [2.05, 4.69) is 6.92 Å². The first-order chi connectivity index (χ1) is 13.7. The molecule has 0 bridgehead atoms. The van der Waals surface area contributed by atoms with Gasteiger partial charge in [0.05, 0.1) is 6.10 Å². The van der Waals surface area contributed by atoms with Crippen molar-refractivity contribution in [2.45, 2.75) is 78.7 Å². The van der Waals surface area contributed by atoms with Gasteiger partial charge in [-0.05, 0) is 69.9 Å². The zero-order chi connectivity index (χ0) is 21.6. The summed E-state index contributed by atoms with van der Waals surface area (Å²) in [4.78, 5) is 13.7. The normalized spacial score (nSPS) is 18.3. The van der Waals surface area contributed by atoms with Crippen LogP contribution in [-0.2, 0) is 4.74 Å². The molecule has 1 saturated carbocycles. The lowest BCUT2D eigenvalue weighted by atomic mass is 9.56. The van der Waals surface area contributed by atoms with Crippen LogP contribution in [0.2, 0.25) is 0 Å². The van der Waals surface area contributed by atoms with Gasteiger partial charge in [0.15, 0.2) is 11.6 Å². The number of amides is 1. The van der Waals surface area contributed by atoms with E-state index in [1.165, 1.54) is 51.9 Å². The summed E-state index contributed by atoms with van der Waals surface area (Å²) >= 11 is 0. The summed E-state index contributed by atoms with van der Waals surface area (Å²) in [6.07, 6.45) is 9.16. The van der Waals surface area contributed by atoms with Crippen molar-refractivity contribution in [3.8, 4) is 0 Å². The van der Waals surface area contributed by atoms with Crippen LogP contribution >= 0.6 is 0 Å². The number of nitrogens with zero attached hydrogens (tertiary/aromatic N) is 1. The number of hydrogen-bond donors (Lipinski definition) is 0. The molecule has 0 atom stereocenters. The standard InChI is InChI=1S/C16H29NO2.C7H5F3/c1-4-5-6-14-11-16(12-14)7-9-17(10-8-16)15(18)19-13(2)3;1-4-5(8)2-3-6(9)7(4)10/h13-14H,4-12H2,1-3H3;2-3H,1H3. The van der Waals surface area contributed by atoms with Crippen LogP contribution < -0.4 is 0 Å². The van der Waals surface area contributed by atoms with E-state index in [1.54, 1.807) is 0 Å². The summed E-state index contributed by atoms with van der Waals surface area (Å²) in [5, 5.41) is 0. The highest BCUT2D eigenvalue weighted by atomic mass is 19.2.